The Kier molecular flexibility index (Phi) is 26.9. The second kappa shape index (κ2) is 25.6. The van der Waals surface area contributed by atoms with Gasteiger partial charge >= 0.3 is 6.03 Å². The number of halogens is 1. The van der Waals surface area contributed by atoms with Gasteiger partial charge in [0, 0.05) is 18.6 Å². The fraction of sp³-hybridized carbons (Fsp3) is 0.966. The van der Waals surface area contributed by atoms with Crippen LogP contribution in [0.1, 0.15) is 163 Å². The second-order valence-electron chi connectivity index (χ2n) is 10.4. The summed E-state index contributed by atoms with van der Waals surface area (Å²) in [4.78, 5) is 12.1. The monoisotopic (exact) mass is 503 g/mol. The van der Waals surface area contributed by atoms with E-state index in [0.29, 0.717) is 18.6 Å². The molecule has 0 saturated carbocycles. The van der Waals surface area contributed by atoms with Crippen molar-refractivity contribution in [3.63, 3.8) is 0 Å². The molecule has 0 aromatic heterocycles. The smallest absolute Gasteiger partial charge is 0.329 e. The maximum Gasteiger partial charge on any atom is 0.329 e. The van der Waals surface area contributed by atoms with Crippen molar-refractivity contribution in [2.24, 2.45) is 5.73 Å². The van der Waals surface area contributed by atoms with E-state index >= 15 is 0 Å². The molecule has 0 aliphatic carbocycles. The Balaban J connectivity index is 0. The number of carbonyl (C=O) groups excluding carboxylic acids is 1. The van der Waals surface area contributed by atoms with E-state index in [1.165, 1.54) is 116 Å². The van der Waals surface area contributed by atoms with Crippen molar-refractivity contribution in [2.45, 2.75) is 175 Å². The minimum absolute atomic E-state index is 0. The molecule has 34 heavy (non-hydrogen) atoms. The molecule has 0 radical (unpaired) electrons. The van der Waals surface area contributed by atoms with Crippen LogP contribution in [0.25, 0.3) is 0 Å². The zero-order chi connectivity index (χ0) is 24.7. The highest BCUT2D eigenvalue weighted by Crippen LogP contribution is 2.21. The standard InChI is InChI=1S/C29H61N3O.ClH/c1-6-9-11-13-15-17-19-21-23-25-27(4)32(31(8-3)29(30)33)28(5)26-24-22-20-18-16-14-12-10-7-2;/h27-28H,6-26H2,1-5H3,(H2,30,33);1H. The normalized spacial score (nSPS) is 13.0. The third-order valence-electron chi connectivity index (χ3n) is 7.19. The first-order valence-corrected chi connectivity index (χ1v) is 14.8. The summed E-state index contributed by atoms with van der Waals surface area (Å²) in [5.41, 5.74) is 5.76. The van der Waals surface area contributed by atoms with Gasteiger partial charge in [0.15, 0.2) is 0 Å². The summed E-state index contributed by atoms with van der Waals surface area (Å²) in [6.07, 6.45) is 26.6. The van der Waals surface area contributed by atoms with Crippen molar-refractivity contribution in [2.75, 3.05) is 6.54 Å². The molecule has 2 atom stereocenters. The Bertz CT molecular complexity index is 408. The molecule has 4 nitrogen and oxygen atoms in total. The van der Waals surface area contributed by atoms with E-state index < -0.39 is 0 Å². The first-order valence-electron chi connectivity index (χ1n) is 14.8. The van der Waals surface area contributed by atoms with E-state index in [-0.39, 0.29) is 18.4 Å². The van der Waals surface area contributed by atoms with E-state index in [1.807, 2.05) is 6.92 Å². The first kappa shape index (κ1) is 35.7. The van der Waals surface area contributed by atoms with Gasteiger partial charge in [0.05, 0.1) is 0 Å². The van der Waals surface area contributed by atoms with Gasteiger partial charge in [0.2, 0.25) is 0 Å². The van der Waals surface area contributed by atoms with E-state index in [2.05, 4.69) is 32.7 Å². The van der Waals surface area contributed by atoms with Gasteiger partial charge < -0.3 is 5.73 Å². The number of urea groups is 1. The predicted molar refractivity (Wildman–Crippen MR) is 154 cm³/mol. The molecule has 0 aromatic rings. The molecular formula is C29H62ClN3O. The molecule has 0 fully saturated rings. The minimum Gasteiger partial charge on any atom is -0.350 e. The summed E-state index contributed by atoms with van der Waals surface area (Å²) >= 11 is 0. The summed E-state index contributed by atoms with van der Waals surface area (Å²) in [5, 5.41) is 4.09. The Morgan fingerprint density at radius 2 is 0.882 bits per heavy atom. The molecule has 0 spiro atoms. The number of hydrazine groups is 1. The van der Waals surface area contributed by atoms with Gasteiger partial charge in [-0.3, -0.25) is 5.01 Å². The van der Waals surface area contributed by atoms with Gasteiger partial charge in [-0.25, -0.2) is 9.80 Å². The Morgan fingerprint density at radius 1 is 0.588 bits per heavy atom. The van der Waals surface area contributed by atoms with Gasteiger partial charge in [-0.15, -0.1) is 12.4 Å². The SMILES string of the molecule is CCCCCCCCCCCC(C)N(C(C)CCCCCCCCCCC)N(CC)C(N)=O.Cl. The molecule has 0 aliphatic heterocycles. The Morgan fingerprint density at radius 3 is 1.15 bits per heavy atom. The van der Waals surface area contributed by atoms with Crippen LogP contribution in [0.5, 0.6) is 0 Å². The molecule has 0 aliphatic rings. The average molecular weight is 504 g/mol. The van der Waals surface area contributed by atoms with E-state index in [1.54, 1.807) is 5.01 Å². The van der Waals surface area contributed by atoms with Gasteiger partial charge in [-0.1, -0.05) is 129 Å². The second-order valence-corrected chi connectivity index (χ2v) is 10.4. The maximum atomic E-state index is 12.1. The van der Waals surface area contributed by atoms with Crippen LogP contribution in [-0.4, -0.2) is 34.7 Å². The van der Waals surface area contributed by atoms with Gasteiger partial charge in [0.1, 0.15) is 0 Å². The fourth-order valence-corrected chi connectivity index (χ4v) is 5.11. The highest BCUT2D eigenvalue weighted by Gasteiger charge is 2.27. The van der Waals surface area contributed by atoms with Gasteiger partial charge in [-0.2, -0.15) is 0 Å². The predicted octanol–water partition coefficient (Wildman–Crippen LogP) is 9.64. The molecule has 2 N–H and O–H groups in total. The first-order chi connectivity index (χ1) is 16.0. The van der Waals surface area contributed by atoms with Crippen molar-refractivity contribution in [3.05, 3.63) is 0 Å². The van der Waals surface area contributed by atoms with Crippen LogP contribution in [0.3, 0.4) is 0 Å². The summed E-state index contributed by atoms with van der Waals surface area (Å²) < 4.78 is 0. The number of rotatable bonds is 24. The van der Waals surface area contributed by atoms with Crippen molar-refractivity contribution in [1.29, 1.82) is 0 Å². The number of nitrogens with two attached hydrogens (primary N) is 1. The maximum absolute atomic E-state index is 12.1. The van der Waals surface area contributed by atoms with Crippen molar-refractivity contribution in [1.82, 2.24) is 10.0 Å². The van der Waals surface area contributed by atoms with Gasteiger partial charge in [0.25, 0.3) is 0 Å². The number of primary amides is 1. The van der Waals surface area contributed by atoms with E-state index in [0.717, 1.165) is 12.8 Å². The summed E-state index contributed by atoms with van der Waals surface area (Å²) in [6.45, 7) is 11.8. The molecule has 2 amide bonds. The van der Waals surface area contributed by atoms with Crippen LogP contribution >= 0.6 is 12.4 Å². The van der Waals surface area contributed by atoms with Crippen LogP contribution in [0.4, 0.5) is 4.79 Å². The molecule has 0 aromatic carbocycles. The third-order valence-corrected chi connectivity index (χ3v) is 7.19. The molecule has 2 unspecified atom stereocenters. The number of unbranched alkanes of at least 4 members (excludes halogenated alkanes) is 16. The molecule has 0 bridgehead atoms. The van der Waals surface area contributed by atoms with Crippen LogP contribution in [0, 0.1) is 0 Å². The lowest BCUT2D eigenvalue weighted by Crippen LogP contribution is -2.56. The minimum atomic E-state index is -0.310. The fourth-order valence-electron chi connectivity index (χ4n) is 5.11. The highest BCUT2D eigenvalue weighted by molar-refractivity contribution is 5.85. The van der Waals surface area contributed by atoms with Crippen LogP contribution in [0.2, 0.25) is 0 Å². The summed E-state index contributed by atoms with van der Waals surface area (Å²) in [7, 11) is 0. The largest absolute Gasteiger partial charge is 0.350 e. The number of carbonyl (C=O) groups is 1. The third kappa shape index (κ3) is 18.8. The summed E-state index contributed by atoms with van der Waals surface area (Å²) in [6, 6.07) is 0.404. The van der Waals surface area contributed by atoms with Crippen molar-refractivity contribution >= 4 is 18.4 Å². The zero-order valence-electron chi connectivity index (χ0n) is 23.8. The van der Waals surface area contributed by atoms with Crippen LogP contribution in [-0.2, 0) is 0 Å². The zero-order valence-corrected chi connectivity index (χ0v) is 24.6. The Labute approximate surface area is 220 Å². The van der Waals surface area contributed by atoms with Gasteiger partial charge in [-0.05, 0) is 33.6 Å². The number of nitrogens with zero attached hydrogens (tertiary/aromatic N) is 2. The van der Waals surface area contributed by atoms with Crippen molar-refractivity contribution in [3.8, 4) is 0 Å². The molecule has 206 valence electrons. The lowest BCUT2D eigenvalue weighted by Gasteiger charge is -2.42. The molecule has 0 saturated heterocycles. The van der Waals surface area contributed by atoms with E-state index in [9.17, 15) is 4.79 Å². The molecule has 5 heteroatoms. The molecule has 0 heterocycles. The summed E-state index contributed by atoms with van der Waals surface area (Å²) in [5.74, 6) is 0. The lowest BCUT2D eigenvalue weighted by molar-refractivity contribution is -0.0497. The number of amides is 2. The topological polar surface area (TPSA) is 49.6 Å². The number of hydrogen-bond acceptors (Lipinski definition) is 2. The van der Waals surface area contributed by atoms with Crippen molar-refractivity contribution < 1.29 is 4.79 Å². The number of hydrogen-bond donors (Lipinski definition) is 1. The van der Waals surface area contributed by atoms with E-state index in [4.69, 9.17) is 5.73 Å². The molecule has 0 rings (SSSR count). The molecular weight excluding hydrogens is 442 g/mol. The highest BCUT2D eigenvalue weighted by atomic mass is 35.5. The van der Waals surface area contributed by atoms with Crippen LogP contribution in [0.15, 0.2) is 0 Å². The Hall–Kier alpha value is -0.480. The average Bonchev–Trinajstić information content (AvgIpc) is 2.79. The quantitative estimate of drug-likeness (QED) is 0.105. The lowest BCUT2D eigenvalue weighted by atomic mass is 10.0. The van der Waals surface area contributed by atoms with Crippen LogP contribution < -0.4 is 5.73 Å².